The molecule has 1 aromatic carbocycles. The number of likely N-dealkylation sites (tertiary alicyclic amines) is 1. The molecule has 1 aliphatic heterocycles. The first kappa shape index (κ1) is 24.2. The molecule has 1 spiro atoms. The second-order valence-electron chi connectivity index (χ2n) is 10.1. The molecule has 1 aliphatic carbocycles. The number of nitrogens with zero attached hydrogens (tertiary/aromatic N) is 2. The summed E-state index contributed by atoms with van der Waals surface area (Å²) in [4.78, 5) is 29.1. The van der Waals surface area contributed by atoms with Crippen LogP contribution in [0.5, 0.6) is 0 Å². The van der Waals surface area contributed by atoms with Crippen LogP contribution >= 0.6 is 23.4 Å². The van der Waals surface area contributed by atoms with E-state index in [-0.39, 0.29) is 12.0 Å². The van der Waals surface area contributed by atoms with E-state index in [0.717, 1.165) is 30.8 Å². The van der Waals surface area contributed by atoms with Crippen LogP contribution in [-0.2, 0) is 4.74 Å². The largest absolute Gasteiger partial charge is 0.444 e. The van der Waals surface area contributed by atoms with Gasteiger partial charge in [0.25, 0.3) is 5.91 Å². The molecule has 0 radical (unpaired) electrons. The van der Waals surface area contributed by atoms with Gasteiger partial charge in [0.2, 0.25) is 0 Å². The Balaban J connectivity index is 1.50. The summed E-state index contributed by atoms with van der Waals surface area (Å²) in [6.45, 7) is 7.33. The molecular formula is C24H35ClN2O3S. The number of ether oxygens (including phenoxy) is 1. The van der Waals surface area contributed by atoms with Gasteiger partial charge >= 0.3 is 6.09 Å². The van der Waals surface area contributed by atoms with Crippen molar-refractivity contribution in [1.82, 2.24) is 9.80 Å². The lowest BCUT2D eigenvalue weighted by Crippen LogP contribution is -2.46. The number of hydrogen-bond donors (Lipinski definition) is 0. The Morgan fingerprint density at radius 2 is 1.74 bits per heavy atom. The van der Waals surface area contributed by atoms with Gasteiger partial charge in [-0.1, -0.05) is 11.6 Å². The number of thioether (sulfide) groups is 1. The summed E-state index contributed by atoms with van der Waals surface area (Å²) < 4.78 is 5.53. The summed E-state index contributed by atoms with van der Waals surface area (Å²) in [5.41, 5.74) is 0.479. The first-order valence-electron chi connectivity index (χ1n) is 11.1. The summed E-state index contributed by atoms with van der Waals surface area (Å²) in [5.74, 6) is -0.0705. The van der Waals surface area contributed by atoms with Crippen LogP contribution in [-0.4, -0.2) is 59.8 Å². The van der Waals surface area contributed by atoms with Crippen LogP contribution in [0.25, 0.3) is 0 Å². The highest BCUT2D eigenvalue weighted by Crippen LogP contribution is 2.48. The molecule has 2 aliphatic rings. The predicted octanol–water partition coefficient (Wildman–Crippen LogP) is 6.09. The normalized spacial score (nSPS) is 19.4. The van der Waals surface area contributed by atoms with Crippen LogP contribution in [0.3, 0.4) is 0 Å². The van der Waals surface area contributed by atoms with Gasteiger partial charge in [0, 0.05) is 37.3 Å². The summed E-state index contributed by atoms with van der Waals surface area (Å²) >= 11 is 8.25. The average molecular weight is 467 g/mol. The fourth-order valence-corrected chi connectivity index (χ4v) is 6.00. The number of hydrogen-bond acceptors (Lipinski definition) is 4. The minimum Gasteiger partial charge on any atom is -0.444 e. The maximum atomic E-state index is 12.3. The lowest BCUT2D eigenvalue weighted by atomic mass is 9.68. The Kier molecular flexibility index (Phi) is 7.52. The SMILES string of the molecule is CN(C)C(=O)c1ccc(SC2CCC3(CC2)CCN(C(=O)OC(C)(C)C)CC3)cc1Cl. The highest BCUT2D eigenvalue weighted by atomic mass is 35.5. The first-order valence-corrected chi connectivity index (χ1v) is 12.4. The van der Waals surface area contributed by atoms with Crippen molar-refractivity contribution in [3.63, 3.8) is 0 Å². The Morgan fingerprint density at radius 3 is 2.26 bits per heavy atom. The molecule has 2 fully saturated rings. The molecule has 0 atom stereocenters. The van der Waals surface area contributed by atoms with E-state index in [9.17, 15) is 9.59 Å². The molecule has 3 rings (SSSR count). The molecule has 1 saturated heterocycles. The maximum Gasteiger partial charge on any atom is 0.410 e. The van der Waals surface area contributed by atoms with Crippen LogP contribution in [0.2, 0.25) is 5.02 Å². The van der Waals surface area contributed by atoms with Crippen molar-refractivity contribution in [1.29, 1.82) is 0 Å². The quantitative estimate of drug-likeness (QED) is 0.540. The molecule has 1 saturated carbocycles. The zero-order chi connectivity index (χ0) is 22.8. The lowest BCUT2D eigenvalue weighted by Gasteiger charge is -2.45. The molecular weight excluding hydrogens is 432 g/mol. The van der Waals surface area contributed by atoms with Crippen LogP contribution in [0.4, 0.5) is 4.79 Å². The van der Waals surface area contributed by atoms with Crippen LogP contribution in [0.15, 0.2) is 23.1 Å². The lowest BCUT2D eigenvalue weighted by molar-refractivity contribution is 0.00477. The van der Waals surface area contributed by atoms with E-state index in [1.807, 2.05) is 55.6 Å². The third-order valence-electron chi connectivity index (χ3n) is 6.35. The summed E-state index contributed by atoms with van der Waals surface area (Å²) in [5, 5.41) is 1.09. The molecule has 7 heteroatoms. The van der Waals surface area contributed by atoms with Gasteiger partial charge in [-0.15, -0.1) is 11.8 Å². The molecule has 1 aromatic rings. The van der Waals surface area contributed by atoms with Gasteiger partial charge in [0.1, 0.15) is 5.60 Å². The molecule has 0 aromatic heterocycles. The minimum atomic E-state index is -0.442. The van der Waals surface area contributed by atoms with Gasteiger partial charge in [-0.3, -0.25) is 4.79 Å². The van der Waals surface area contributed by atoms with Crippen molar-refractivity contribution in [2.75, 3.05) is 27.2 Å². The fourth-order valence-electron chi connectivity index (χ4n) is 4.49. The topological polar surface area (TPSA) is 49.9 Å². The number of piperidine rings is 1. The van der Waals surface area contributed by atoms with Crippen molar-refractivity contribution >= 4 is 35.4 Å². The molecule has 0 N–H and O–H groups in total. The van der Waals surface area contributed by atoms with Crippen molar-refractivity contribution in [3.8, 4) is 0 Å². The Hall–Kier alpha value is -1.40. The maximum absolute atomic E-state index is 12.3. The van der Waals surface area contributed by atoms with E-state index < -0.39 is 5.60 Å². The second-order valence-corrected chi connectivity index (χ2v) is 11.9. The Labute approximate surface area is 195 Å². The summed E-state index contributed by atoms with van der Waals surface area (Å²) in [6.07, 6.45) is 6.71. The summed E-state index contributed by atoms with van der Waals surface area (Å²) in [6, 6.07) is 5.77. The number of carbonyl (C=O) groups excluding carboxylic acids is 2. The number of carbonyl (C=O) groups is 2. The van der Waals surface area contributed by atoms with Crippen molar-refractivity contribution < 1.29 is 14.3 Å². The van der Waals surface area contributed by atoms with Crippen LogP contribution in [0.1, 0.15) is 69.7 Å². The van der Waals surface area contributed by atoms with Crippen molar-refractivity contribution in [2.24, 2.45) is 5.41 Å². The van der Waals surface area contributed by atoms with E-state index in [0.29, 0.717) is 21.3 Å². The predicted molar refractivity (Wildman–Crippen MR) is 127 cm³/mol. The smallest absolute Gasteiger partial charge is 0.410 e. The van der Waals surface area contributed by atoms with E-state index in [4.69, 9.17) is 16.3 Å². The minimum absolute atomic E-state index is 0.0705. The monoisotopic (exact) mass is 466 g/mol. The Morgan fingerprint density at radius 1 is 1.13 bits per heavy atom. The van der Waals surface area contributed by atoms with Crippen LogP contribution in [0, 0.1) is 5.41 Å². The van der Waals surface area contributed by atoms with Gasteiger partial charge in [0.05, 0.1) is 10.6 Å². The van der Waals surface area contributed by atoms with Gasteiger partial charge in [-0.2, -0.15) is 0 Å². The standard InChI is InChI=1S/C24H35ClN2O3S/c1-23(2,3)30-22(29)27-14-12-24(13-15-27)10-8-17(9-11-24)31-18-6-7-19(20(25)16-18)21(28)26(4)5/h6-7,16-17H,8-15H2,1-5H3. The number of rotatable bonds is 3. The highest BCUT2D eigenvalue weighted by molar-refractivity contribution is 8.00. The zero-order valence-corrected chi connectivity index (χ0v) is 20.9. The molecule has 0 unspecified atom stereocenters. The number of halogens is 1. The molecule has 31 heavy (non-hydrogen) atoms. The third-order valence-corrected chi connectivity index (χ3v) is 7.99. The molecule has 1 heterocycles. The van der Waals surface area contributed by atoms with Gasteiger partial charge < -0.3 is 14.5 Å². The highest BCUT2D eigenvalue weighted by Gasteiger charge is 2.40. The number of amides is 2. The van der Waals surface area contributed by atoms with Gasteiger partial charge in [0.15, 0.2) is 0 Å². The van der Waals surface area contributed by atoms with E-state index >= 15 is 0 Å². The van der Waals surface area contributed by atoms with E-state index in [1.54, 1.807) is 19.0 Å². The van der Waals surface area contributed by atoms with Gasteiger partial charge in [-0.25, -0.2) is 4.79 Å². The second kappa shape index (κ2) is 9.62. The molecule has 2 amide bonds. The summed E-state index contributed by atoms with van der Waals surface area (Å²) in [7, 11) is 3.47. The van der Waals surface area contributed by atoms with E-state index in [2.05, 4.69) is 0 Å². The van der Waals surface area contributed by atoms with Crippen molar-refractivity contribution in [3.05, 3.63) is 28.8 Å². The third kappa shape index (κ3) is 6.32. The Bertz CT molecular complexity index is 804. The molecule has 0 bridgehead atoms. The van der Waals surface area contributed by atoms with Crippen LogP contribution < -0.4 is 0 Å². The zero-order valence-electron chi connectivity index (χ0n) is 19.4. The fraction of sp³-hybridized carbons (Fsp3) is 0.667. The molecule has 5 nitrogen and oxygen atoms in total. The first-order chi connectivity index (χ1) is 14.5. The van der Waals surface area contributed by atoms with E-state index in [1.165, 1.54) is 25.7 Å². The average Bonchev–Trinajstić information content (AvgIpc) is 2.69. The van der Waals surface area contributed by atoms with Crippen molar-refractivity contribution in [2.45, 2.75) is 75.0 Å². The van der Waals surface area contributed by atoms with Gasteiger partial charge in [-0.05, 0) is 82.9 Å². The molecule has 172 valence electrons. The number of benzene rings is 1.